The summed E-state index contributed by atoms with van der Waals surface area (Å²) in [6, 6.07) is 0.700. The predicted molar refractivity (Wildman–Crippen MR) is 56.9 cm³/mol. The van der Waals surface area contributed by atoms with Crippen LogP contribution in [-0.2, 0) is 9.84 Å². The van der Waals surface area contributed by atoms with E-state index in [1.54, 1.807) is 0 Å². The van der Waals surface area contributed by atoms with Gasteiger partial charge in [-0.2, -0.15) is 0 Å². The molecule has 0 amide bonds. The summed E-state index contributed by atoms with van der Waals surface area (Å²) in [6.07, 6.45) is 2.10. The number of nitrogens with one attached hydrogen (secondary N) is 1. The predicted octanol–water partition coefficient (Wildman–Crippen LogP) is 0.808. The van der Waals surface area contributed by atoms with Crippen LogP contribution in [0.5, 0.6) is 0 Å². The minimum atomic E-state index is -2.72. The average molecular weight is 217 g/mol. The first-order valence-electron chi connectivity index (χ1n) is 5.44. The highest BCUT2D eigenvalue weighted by Crippen LogP contribution is 2.40. The van der Waals surface area contributed by atoms with E-state index in [1.165, 1.54) is 6.42 Å². The second kappa shape index (κ2) is 3.49. The molecule has 2 rings (SSSR count). The Morgan fingerprint density at radius 3 is 2.50 bits per heavy atom. The smallest absolute Gasteiger partial charge is 0.151 e. The number of hydrogen-bond donors (Lipinski definition) is 1. The number of hydrogen-bond acceptors (Lipinski definition) is 3. The molecule has 1 aliphatic heterocycles. The molecule has 4 unspecified atom stereocenters. The SMILES string of the molecule is CC1CC1C(C)NC1CCS(=O)(=O)C1. The van der Waals surface area contributed by atoms with Gasteiger partial charge in [0, 0.05) is 12.1 Å². The van der Waals surface area contributed by atoms with Gasteiger partial charge in [0.2, 0.25) is 0 Å². The molecule has 0 aromatic heterocycles. The molecule has 1 saturated heterocycles. The Kier molecular flexibility index (Phi) is 2.60. The molecule has 1 N–H and O–H groups in total. The van der Waals surface area contributed by atoms with Crippen LogP contribution in [0.2, 0.25) is 0 Å². The van der Waals surface area contributed by atoms with E-state index >= 15 is 0 Å². The molecular formula is C10H19NO2S. The third-order valence-electron chi connectivity index (χ3n) is 3.54. The second-order valence-electron chi connectivity index (χ2n) is 4.93. The van der Waals surface area contributed by atoms with E-state index in [4.69, 9.17) is 0 Å². The molecule has 0 aromatic carbocycles. The highest BCUT2D eigenvalue weighted by atomic mass is 32.2. The van der Waals surface area contributed by atoms with Crippen molar-refractivity contribution >= 4 is 9.84 Å². The van der Waals surface area contributed by atoms with Gasteiger partial charge >= 0.3 is 0 Å². The monoisotopic (exact) mass is 217 g/mol. The fourth-order valence-corrected chi connectivity index (χ4v) is 4.16. The van der Waals surface area contributed by atoms with E-state index in [0.29, 0.717) is 17.5 Å². The van der Waals surface area contributed by atoms with Crippen molar-refractivity contribution in [3.63, 3.8) is 0 Å². The summed E-state index contributed by atoms with van der Waals surface area (Å²) in [5.74, 6) is 2.32. The fourth-order valence-electron chi connectivity index (χ4n) is 2.47. The van der Waals surface area contributed by atoms with Gasteiger partial charge in [-0.05, 0) is 31.6 Å². The molecule has 1 saturated carbocycles. The topological polar surface area (TPSA) is 46.2 Å². The van der Waals surface area contributed by atoms with E-state index in [2.05, 4.69) is 19.2 Å². The van der Waals surface area contributed by atoms with Gasteiger partial charge < -0.3 is 5.32 Å². The molecule has 1 aliphatic carbocycles. The van der Waals surface area contributed by atoms with Crippen molar-refractivity contribution in [3.05, 3.63) is 0 Å². The molecule has 14 heavy (non-hydrogen) atoms. The number of sulfone groups is 1. The Labute approximate surface area is 86.2 Å². The highest BCUT2D eigenvalue weighted by molar-refractivity contribution is 7.91. The molecule has 4 heteroatoms. The maximum absolute atomic E-state index is 11.2. The summed E-state index contributed by atoms with van der Waals surface area (Å²) in [6.45, 7) is 4.44. The average Bonchev–Trinajstić information content (AvgIpc) is 2.69. The maximum atomic E-state index is 11.2. The van der Waals surface area contributed by atoms with Crippen LogP contribution >= 0.6 is 0 Å². The molecule has 4 atom stereocenters. The van der Waals surface area contributed by atoms with Crippen LogP contribution in [0.15, 0.2) is 0 Å². The summed E-state index contributed by atoms with van der Waals surface area (Å²) < 4.78 is 22.5. The van der Waals surface area contributed by atoms with Gasteiger partial charge in [-0.25, -0.2) is 8.42 Å². The van der Waals surface area contributed by atoms with Crippen LogP contribution in [0.1, 0.15) is 26.7 Å². The Morgan fingerprint density at radius 2 is 2.07 bits per heavy atom. The first-order chi connectivity index (χ1) is 6.48. The molecule has 0 radical (unpaired) electrons. The van der Waals surface area contributed by atoms with Gasteiger partial charge in [0.25, 0.3) is 0 Å². The van der Waals surface area contributed by atoms with Crippen LogP contribution in [0.25, 0.3) is 0 Å². The van der Waals surface area contributed by atoms with Crippen molar-refractivity contribution < 1.29 is 8.42 Å². The second-order valence-corrected chi connectivity index (χ2v) is 7.16. The van der Waals surface area contributed by atoms with E-state index < -0.39 is 9.84 Å². The third-order valence-corrected chi connectivity index (χ3v) is 5.31. The lowest BCUT2D eigenvalue weighted by atomic mass is 10.1. The van der Waals surface area contributed by atoms with E-state index in [-0.39, 0.29) is 6.04 Å². The molecule has 2 fully saturated rings. The molecule has 2 aliphatic rings. The lowest BCUT2D eigenvalue weighted by Gasteiger charge is -2.18. The normalized spacial score (nSPS) is 42.3. The first-order valence-corrected chi connectivity index (χ1v) is 7.26. The molecule has 0 bridgehead atoms. The van der Waals surface area contributed by atoms with Crippen molar-refractivity contribution in [3.8, 4) is 0 Å². The molecule has 0 spiro atoms. The summed E-state index contributed by atoms with van der Waals surface area (Å²) >= 11 is 0. The Hall–Kier alpha value is -0.0900. The van der Waals surface area contributed by atoms with Crippen molar-refractivity contribution in [2.24, 2.45) is 11.8 Å². The fraction of sp³-hybridized carbons (Fsp3) is 1.00. The zero-order valence-electron chi connectivity index (χ0n) is 8.86. The van der Waals surface area contributed by atoms with Crippen molar-refractivity contribution in [1.82, 2.24) is 5.32 Å². The van der Waals surface area contributed by atoms with E-state index in [0.717, 1.165) is 18.3 Å². The van der Waals surface area contributed by atoms with Crippen LogP contribution in [0.3, 0.4) is 0 Å². The van der Waals surface area contributed by atoms with Gasteiger partial charge in [0.1, 0.15) is 0 Å². The molecule has 82 valence electrons. The maximum Gasteiger partial charge on any atom is 0.151 e. The number of rotatable bonds is 3. The summed E-state index contributed by atoms with van der Waals surface area (Å²) in [5.41, 5.74) is 0. The minimum absolute atomic E-state index is 0.211. The standard InChI is InChI=1S/C10H19NO2S/c1-7-5-10(7)8(2)11-9-3-4-14(12,13)6-9/h7-11H,3-6H2,1-2H3. The van der Waals surface area contributed by atoms with Crippen LogP contribution in [0, 0.1) is 11.8 Å². The van der Waals surface area contributed by atoms with Crippen molar-refractivity contribution in [2.45, 2.75) is 38.8 Å². The lowest BCUT2D eigenvalue weighted by molar-refractivity contribution is 0.424. The van der Waals surface area contributed by atoms with E-state index in [1.807, 2.05) is 0 Å². The largest absolute Gasteiger partial charge is 0.310 e. The Balaban J connectivity index is 1.81. The van der Waals surface area contributed by atoms with Gasteiger partial charge in [-0.15, -0.1) is 0 Å². The van der Waals surface area contributed by atoms with Crippen molar-refractivity contribution in [1.29, 1.82) is 0 Å². The molecule has 0 aromatic rings. The van der Waals surface area contributed by atoms with Gasteiger partial charge in [0.15, 0.2) is 9.84 Å². The van der Waals surface area contributed by atoms with E-state index in [9.17, 15) is 8.42 Å². The quantitative estimate of drug-likeness (QED) is 0.761. The van der Waals surface area contributed by atoms with Gasteiger partial charge in [0.05, 0.1) is 11.5 Å². The molecule has 3 nitrogen and oxygen atoms in total. The third kappa shape index (κ3) is 2.28. The molecular weight excluding hydrogens is 198 g/mol. The Morgan fingerprint density at radius 1 is 1.43 bits per heavy atom. The summed E-state index contributed by atoms with van der Waals surface area (Å²) in [7, 11) is -2.72. The summed E-state index contributed by atoms with van der Waals surface area (Å²) in [4.78, 5) is 0. The van der Waals surface area contributed by atoms with Crippen LogP contribution < -0.4 is 5.32 Å². The minimum Gasteiger partial charge on any atom is -0.310 e. The van der Waals surface area contributed by atoms with Gasteiger partial charge in [-0.1, -0.05) is 6.92 Å². The Bertz CT molecular complexity index is 312. The highest BCUT2D eigenvalue weighted by Gasteiger charge is 2.39. The van der Waals surface area contributed by atoms with Crippen LogP contribution in [-0.4, -0.2) is 32.0 Å². The zero-order chi connectivity index (χ0) is 10.3. The van der Waals surface area contributed by atoms with Crippen molar-refractivity contribution in [2.75, 3.05) is 11.5 Å². The first kappa shape index (κ1) is 10.4. The van der Waals surface area contributed by atoms with Gasteiger partial charge in [-0.3, -0.25) is 0 Å². The molecule has 1 heterocycles. The van der Waals surface area contributed by atoms with Crippen LogP contribution in [0.4, 0.5) is 0 Å². The summed E-state index contributed by atoms with van der Waals surface area (Å²) in [5, 5.41) is 3.45. The lowest BCUT2D eigenvalue weighted by Crippen LogP contribution is -2.38. The zero-order valence-corrected chi connectivity index (χ0v) is 9.68.